The highest BCUT2D eigenvalue weighted by Gasteiger charge is 2.56. The Labute approximate surface area is 183 Å². The highest BCUT2D eigenvalue weighted by atomic mass is 127. The van der Waals surface area contributed by atoms with Gasteiger partial charge in [-0.1, -0.05) is 0 Å². The van der Waals surface area contributed by atoms with Crippen molar-refractivity contribution >= 4 is 40.0 Å². The number of carbonyl (C=O) groups excluding carboxylic acids is 1. The molecule has 0 bridgehead atoms. The zero-order valence-corrected chi connectivity index (χ0v) is 17.6. The lowest BCUT2D eigenvalue weighted by Gasteiger charge is -2.23. The molecule has 4 rings (SSSR count). The van der Waals surface area contributed by atoms with E-state index >= 15 is 0 Å². The molecule has 30 heavy (non-hydrogen) atoms. The van der Waals surface area contributed by atoms with Crippen molar-refractivity contribution in [3.63, 3.8) is 0 Å². The number of rotatable bonds is 4. The largest absolute Gasteiger partial charge is 0.490 e. The standard InChI is InChI=1S/C18H18FIN4O6/c19-18(20)14(26)12(8-25)30-16(18)24-5-3-13(23-17(24)28)22-15(27)9-1-2-11-10(7-9)21-4-6-29-11/h1-3,5,7,12,14,16,21,25-26H,4,6,8H2,(H,22,23,27,28)/t12-,14-,16?,18?/m1/s1. The molecule has 10 nitrogen and oxygen atoms in total. The van der Waals surface area contributed by atoms with Crippen LogP contribution < -0.4 is 21.1 Å². The highest BCUT2D eigenvalue weighted by molar-refractivity contribution is 14.1. The molecule has 0 spiro atoms. The van der Waals surface area contributed by atoms with Gasteiger partial charge in [0.15, 0.2) is 6.23 Å². The molecule has 4 N–H and O–H groups in total. The molecule has 0 saturated carbocycles. The third-order valence-corrected chi connectivity index (χ3v) is 5.97. The summed E-state index contributed by atoms with van der Waals surface area (Å²) in [4.78, 5) is 28.7. The molecule has 2 aliphatic rings. The predicted octanol–water partition coefficient (Wildman–Crippen LogP) is 0.651. The van der Waals surface area contributed by atoms with Crippen molar-refractivity contribution in [3.8, 4) is 5.75 Å². The van der Waals surface area contributed by atoms with E-state index in [1.165, 1.54) is 34.9 Å². The monoisotopic (exact) mass is 532 g/mol. The lowest BCUT2D eigenvalue weighted by atomic mass is 10.1. The molecule has 160 valence electrons. The van der Waals surface area contributed by atoms with Crippen LogP contribution in [0.25, 0.3) is 0 Å². The summed E-state index contributed by atoms with van der Waals surface area (Å²) in [5.41, 5.74) is 0.137. The first kappa shape index (κ1) is 21.0. The van der Waals surface area contributed by atoms with Crippen LogP contribution in [0, 0.1) is 0 Å². The number of carbonyl (C=O) groups is 1. The van der Waals surface area contributed by atoms with Crippen LogP contribution in [0.5, 0.6) is 5.75 Å². The first-order valence-electron chi connectivity index (χ1n) is 9.04. The first-order chi connectivity index (χ1) is 14.3. The van der Waals surface area contributed by atoms with Crippen molar-refractivity contribution in [2.75, 3.05) is 30.4 Å². The summed E-state index contributed by atoms with van der Waals surface area (Å²) in [5.74, 6) is 0.127. The Kier molecular flexibility index (Phi) is 5.65. The zero-order valence-electron chi connectivity index (χ0n) is 15.4. The number of ether oxygens (including phenoxy) is 2. The third kappa shape index (κ3) is 3.75. The Bertz CT molecular complexity index is 1030. The molecule has 12 heteroatoms. The predicted molar refractivity (Wildman–Crippen MR) is 112 cm³/mol. The van der Waals surface area contributed by atoms with Gasteiger partial charge in [0.1, 0.15) is 30.4 Å². The van der Waals surface area contributed by atoms with Gasteiger partial charge >= 0.3 is 5.69 Å². The molecule has 3 heterocycles. The van der Waals surface area contributed by atoms with Crippen molar-refractivity contribution in [1.29, 1.82) is 0 Å². The van der Waals surface area contributed by atoms with Crippen molar-refractivity contribution in [2.24, 2.45) is 0 Å². The van der Waals surface area contributed by atoms with Gasteiger partial charge in [0.2, 0.25) is 3.68 Å². The molecule has 0 radical (unpaired) electrons. The summed E-state index contributed by atoms with van der Waals surface area (Å²) in [7, 11) is 0. The van der Waals surface area contributed by atoms with E-state index in [9.17, 15) is 24.2 Å². The number of aliphatic hydroxyl groups excluding tert-OH is 2. The molecular weight excluding hydrogens is 514 g/mol. The summed E-state index contributed by atoms with van der Waals surface area (Å²) >= 11 is 1.34. The summed E-state index contributed by atoms with van der Waals surface area (Å²) in [5, 5.41) is 24.8. The van der Waals surface area contributed by atoms with Crippen molar-refractivity contribution in [2.45, 2.75) is 22.1 Å². The second kappa shape index (κ2) is 8.09. The molecule has 0 aliphatic carbocycles. The van der Waals surface area contributed by atoms with E-state index in [2.05, 4.69) is 15.6 Å². The minimum absolute atomic E-state index is 0.0293. The molecule has 1 amide bonds. The van der Waals surface area contributed by atoms with Crippen LogP contribution in [0.2, 0.25) is 0 Å². The number of aliphatic hydroxyl groups is 2. The number of nitrogens with one attached hydrogen (secondary N) is 2. The van der Waals surface area contributed by atoms with Crippen LogP contribution in [0.3, 0.4) is 0 Å². The van der Waals surface area contributed by atoms with Gasteiger partial charge in [-0.3, -0.25) is 9.36 Å². The molecule has 1 aromatic heterocycles. The van der Waals surface area contributed by atoms with Crippen LogP contribution in [0.1, 0.15) is 16.6 Å². The molecule has 2 aromatic rings. The Morgan fingerprint density at radius 3 is 2.97 bits per heavy atom. The minimum Gasteiger partial charge on any atom is -0.490 e. The number of aromatic nitrogens is 2. The molecule has 1 saturated heterocycles. The Morgan fingerprint density at radius 1 is 1.47 bits per heavy atom. The van der Waals surface area contributed by atoms with E-state index in [1.54, 1.807) is 18.2 Å². The Hall–Kier alpha value is -2.29. The van der Waals surface area contributed by atoms with E-state index in [0.717, 1.165) is 4.57 Å². The molecule has 2 unspecified atom stereocenters. The van der Waals surface area contributed by atoms with Gasteiger partial charge in [0, 0.05) is 18.3 Å². The average molecular weight is 532 g/mol. The quantitative estimate of drug-likeness (QED) is 0.333. The number of alkyl halides is 2. The summed E-state index contributed by atoms with van der Waals surface area (Å²) in [6.45, 7) is 0.556. The summed E-state index contributed by atoms with van der Waals surface area (Å²) < 4.78 is 24.1. The molecule has 1 aromatic carbocycles. The molecule has 1 fully saturated rings. The maximum absolute atomic E-state index is 14.9. The lowest BCUT2D eigenvalue weighted by Crippen LogP contribution is -2.40. The SMILES string of the molecule is O=C(Nc1ccn(C2O[C@H](CO)[C@@H](O)C2(F)I)c(=O)n1)c1ccc2c(c1)NCCO2. The van der Waals surface area contributed by atoms with Gasteiger partial charge in [-0.25, -0.2) is 9.18 Å². The van der Waals surface area contributed by atoms with E-state index < -0.39 is 40.3 Å². The number of halogens is 2. The first-order valence-corrected chi connectivity index (χ1v) is 10.1. The number of fused-ring (bicyclic) bond motifs is 1. The Morgan fingerprint density at radius 2 is 2.27 bits per heavy atom. The number of nitrogens with zero attached hydrogens (tertiary/aromatic N) is 2. The number of hydrogen-bond acceptors (Lipinski definition) is 8. The number of hydrogen-bond donors (Lipinski definition) is 4. The molecule has 2 aliphatic heterocycles. The van der Waals surface area contributed by atoms with Crippen LogP contribution in [0.4, 0.5) is 15.9 Å². The zero-order chi connectivity index (χ0) is 21.5. The van der Waals surface area contributed by atoms with Crippen molar-refractivity contribution in [3.05, 3.63) is 46.5 Å². The maximum atomic E-state index is 14.9. The maximum Gasteiger partial charge on any atom is 0.351 e. The summed E-state index contributed by atoms with van der Waals surface area (Å²) in [6.07, 6.45) is -3.08. The normalized spacial score (nSPS) is 27.7. The third-order valence-electron chi connectivity index (χ3n) is 4.80. The molecular formula is C18H18FIN4O6. The number of amides is 1. The summed E-state index contributed by atoms with van der Waals surface area (Å²) in [6, 6.07) is 6.19. The fourth-order valence-electron chi connectivity index (χ4n) is 3.25. The van der Waals surface area contributed by atoms with Crippen LogP contribution >= 0.6 is 22.6 Å². The van der Waals surface area contributed by atoms with Crippen LogP contribution in [-0.2, 0) is 4.74 Å². The number of benzene rings is 1. The van der Waals surface area contributed by atoms with Crippen molar-refractivity contribution in [1.82, 2.24) is 9.55 Å². The average Bonchev–Trinajstić information content (AvgIpc) is 2.96. The smallest absolute Gasteiger partial charge is 0.351 e. The van der Waals surface area contributed by atoms with E-state index in [4.69, 9.17) is 9.47 Å². The van der Waals surface area contributed by atoms with Crippen LogP contribution in [0.15, 0.2) is 35.3 Å². The topological polar surface area (TPSA) is 135 Å². The number of anilines is 2. The minimum atomic E-state index is -2.35. The van der Waals surface area contributed by atoms with Gasteiger partial charge in [0.05, 0.1) is 12.3 Å². The Balaban J connectivity index is 1.53. The second-order valence-electron chi connectivity index (χ2n) is 6.77. The fraction of sp³-hybridized carbons (Fsp3) is 0.389. The van der Waals surface area contributed by atoms with E-state index in [-0.39, 0.29) is 5.82 Å². The van der Waals surface area contributed by atoms with Gasteiger partial charge in [-0.15, -0.1) is 0 Å². The van der Waals surface area contributed by atoms with Gasteiger partial charge in [0.25, 0.3) is 5.91 Å². The van der Waals surface area contributed by atoms with Crippen molar-refractivity contribution < 1.29 is 28.9 Å². The van der Waals surface area contributed by atoms with Crippen LogP contribution in [-0.4, -0.2) is 61.3 Å². The van der Waals surface area contributed by atoms with E-state index in [0.29, 0.717) is 30.2 Å². The van der Waals surface area contributed by atoms with Gasteiger partial charge < -0.3 is 30.3 Å². The van der Waals surface area contributed by atoms with Gasteiger partial charge in [-0.2, -0.15) is 4.98 Å². The van der Waals surface area contributed by atoms with E-state index in [1.807, 2.05) is 0 Å². The molecule has 4 atom stereocenters. The second-order valence-corrected chi connectivity index (χ2v) is 8.43. The fourth-order valence-corrected chi connectivity index (χ4v) is 4.10. The lowest BCUT2D eigenvalue weighted by molar-refractivity contribution is -0.0499. The highest BCUT2D eigenvalue weighted by Crippen LogP contribution is 2.45. The van der Waals surface area contributed by atoms with Gasteiger partial charge in [-0.05, 0) is 46.9 Å².